The third-order valence-corrected chi connectivity index (χ3v) is 4.02. The zero-order chi connectivity index (χ0) is 17.1. The number of benzene rings is 2. The molecular formula is C18H22N4O2. The Morgan fingerprint density at radius 3 is 2.62 bits per heavy atom. The van der Waals surface area contributed by atoms with Crippen LogP contribution in [-0.2, 0) is 0 Å². The van der Waals surface area contributed by atoms with E-state index in [9.17, 15) is 10.4 Å². The van der Waals surface area contributed by atoms with Crippen LogP contribution in [-0.4, -0.2) is 42.3 Å². The maximum absolute atomic E-state index is 11.7. The van der Waals surface area contributed by atoms with Crippen molar-refractivity contribution in [1.29, 1.82) is 0 Å². The zero-order valence-electron chi connectivity index (χ0n) is 13.9. The third-order valence-electron chi connectivity index (χ3n) is 4.02. The summed E-state index contributed by atoms with van der Waals surface area (Å²) in [5, 5.41) is 25.4. The molecule has 6 heteroatoms. The normalized spacial score (nSPS) is 12.9. The second-order valence-corrected chi connectivity index (χ2v) is 6.09. The first-order chi connectivity index (χ1) is 11.6. The Kier molecular flexibility index (Phi) is 4.92. The summed E-state index contributed by atoms with van der Waals surface area (Å²) in [4.78, 5) is 6.76. The monoisotopic (exact) mass is 326 g/mol. The fourth-order valence-corrected chi connectivity index (χ4v) is 2.91. The number of para-hydroxylation sites is 1. The minimum atomic E-state index is -0.936. The molecule has 0 bridgehead atoms. The van der Waals surface area contributed by atoms with Crippen molar-refractivity contribution in [3.8, 4) is 0 Å². The molecule has 0 saturated heterocycles. The van der Waals surface area contributed by atoms with Gasteiger partial charge < -0.3 is 15.4 Å². The van der Waals surface area contributed by atoms with Crippen LogP contribution in [0.3, 0.4) is 0 Å². The lowest BCUT2D eigenvalue weighted by atomic mass is 10.1. The summed E-state index contributed by atoms with van der Waals surface area (Å²) in [6.07, 6.45) is 0.973. The molecule has 0 aliphatic carbocycles. The summed E-state index contributed by atoms with van der Waals surface area (Å²) in [6, 6.07) is 13.1. The van der Waals surface area contributed by atoms with Crippen molar-refractivity contribution in [2.75, 3.05) is 32.5 Å². The van der Waals surface area contributed by atoms with Gasteiger partial charge in [-0.15, -0.1) is 0 Å². The van der Waals surface area contributed by atoms with Crippen LogP contribution < -0.4 is 10.5 Å². The minimum absolute atomic E-state index is 0.279. The topological polar surface area (TPSA) is 75.9 Å². The van der Waals surface area contributed by atoms with Gasteiger partial charge in [-0.1, -0.05) is 24.3 Å². The lowest BCUT2D eigenvalue weighted by Crippen LogP contribution is -2.99. The molecule has 2 aromatic carbocycles. The summed E-state index contributed by atoms with van der Waals surface area (Å²) < 4.78 is 0. The molecule has 3 rings (SSSR count). The number of aromatic nitrogens is 1. The van der Waals surface area contributed by atoms with Gasteiger partial charge in [0, 0.05) is 18.0 Å². The first-order valence-electron chi connectivity index (χ1n) is 8.01. The van der Waals surface area contributed by atoms with Gasteiger partial charge in [0.25, 0.3) is 0 Å². The van der Waals surface area contributed by atoms with Crippen LogP contribution in [0.2, 0.25) is 0 Å². The molecule has 3 aromatic rings. The van der Waals surface area contributed by atoms with Crippen molar-refractivity contribution in [2.24, 2.45) is 0 Å². The minimum Gasteiger partial charge on any atom is -0.595 e. The van der Waals surface area contributed by atoms with Crippen LogP contribution in [0.1, 0.15) is 6.42 Å². The number of nitrogens with zero attached hydrogens (tertiary/aromatic N) is 2. The molecule has 126 valence electrons. The average molecular weight is 326 g/mol. The maximum Gasteiger partial charge on any atom is 0.175 e. The molecule has 1 heterocycles. The Hall–Kier alpha value is -2.25. The maximum atomic E-state index is 11.7. The van der Waals surface area contributed by atoms with E-state index < -0.39 is 5.23 Å². The Morgan fingerprint density at radius 1 is 1.12 bits per heavy atom. The van der Waals surface area contributed by atoms with Crippen LogP contribution in [0, 0.1) is 5.21 Å². The standard InChI is InChI=1S/C18H22N4O2/c1-21(2)12-6-11-19-18-13-7-3-4-8-14(13)20-15-9-5-10-16(17(15)18)22(23)24/h3-5,7-10,22-23H,6,11-12H2,1-2H3,(H,19,20). The highest BCUT2D eigenvalue weighted by Crippen LogP contribution is 2.34. The van der Waals surface area contributed by atoms with Gasteiger partial charge in [0.2, 0.25) is 0 Å². The van der Waals surface area contributed by atoms with Crippen molar-refractivity contribution in [3.63, 3.8) is 0 Å². The number of rotatable bonds is 6. The van der Waals surface area contributed by atoms with Gasteiger partial charge in [0.15, 0.2) is 5.69 Å². The van der Waals surface area contributed by atoms with Gasteiger partial charge in [-0.3, -0.25) is 0 Å². The predicted octanol–water partition coefficient (Wildman–Crippen LogP) is 2.15. The summed E-state index contributed by atoms with van der Waals surface area (Å²) in [5.74, 6) is 0. The van der Waals surface area contributed by atoms with E-state index >= 15 is 0 Å². The highest BCUT2D eigenvalue weighted by atomic mass is 16.8. The molecule has 0 aliphatic heterocycles. The lowest BCUT2D eigenvalue weighted by Gasteiger charge is -2.18. The first kappa shape index (κ1) is 16.6. The summed E-state index contributed by atoms with van der Waals surface area (Å²) in [5.41, 5.74) is 2.69. The summed E-state index contributed by atoms with van der Waals surface area (Å²) >= 11 is 0. The van der Waals surface area contributed by atoms with Crippen LogP contribution in [0.5, 0.6) is 0 Å². The van der Waals surface area contributed by atoms with Gasteiger partial charge in [0.05, 0.1) is 22.1 Å². The molecule has 1 atom stereocenters. The van der Waals surface area contributed by atoms with Crippen molar-refractivity contribution in [1.82, 2.24) is 9.88 Å². The molecular weight excluding hydrogens is 304 g/mol. The quantitative estimate of drug-likeness (QED) is 0.368. The Bertz CT molecular complexity index is 849. The number of hydrogen-bond donors (Lipinski definition) is 3. The largest absolute Gasteiger partial charge is 0.595 e. The van der Waals surface area contributed by atoms with Gasteiger partial charge in [-0.05, 0) is 39.2 Å². The molecule has 0 amide bonds. The number of pyridine rings is 1. The SMILES string of the molecule is CN(C)CCCNc1c2ccccc2nc2cccc([NH+]([O-])O)c12. The smallest absolute Gasteiger partial charge is 0.175 e. The Balaban J connectivity index is 2.12. The van der Waals surface area contributed by atoms with Crippen LogP contribution in [0.15, 0.2) is 42.5 Å². The van der Waals surface area contributed by atoms with E-state index in [1.165, 1.54) is 0 Å². The molecule has 0 spiro atoms. The Labute approximate surface area is 140 Å². The molecule has 0 saturated carbocycles. The van der Waals surface area contributed by atoms with Gasteiger partial charge >= 0.3 is 0 Å². The number of fused-ring (bicyclic) bond motifs is 2. The van der Waals surface area contributed by atoms with Crippen molar-refractivity contribution in [2.45, 2.75) is 6.42 Å². The van der Waals surface area contributed by atoms with Crippen molar-refractivity contribution < 1.29 is 10.4 Å². The number of hydrogen-bond acceptors (Lipinski definition) is 5. The van der Waals surface area contributed by atoms with Gasteiger partial charge in [0.1, 0.15) is 0 Å². The Morgan fingerprint density at radius 2 is 1.88 bits per heavy atom. The molecule has 1 unspecified atom stereocenters. The lowest BCUT2D eigenvalue weighted by molar-refractivity contribution is -0.990. The van der Waals surface area contributed by atoms with Crippen LogP contribution in [0.4, 0.5) is 11.4 Å². The molecule has 0 aliphatic rings. The fraction of sp³-hybridized carbons (Fsp3) is 0.278. The average Bonchev–Trinajstić information content (AvgIpc) is 2.56. The van der Waals surface area contributed by atoms with E-state index in [2.05, 4.69) is 15.2 Å². The third kappa shape index (κ3) is 3.32. The van der Waals surface area contributed by atoms with Crippen molar-refractivity contribution >= 4 is 33.2 Å². The molecule has 3 N–H and O–H groups in total. The van der Waals surface area contributed by atoms with E-state index in [1.54, 1.807) is 12.1 Å². The molecule has 0 radical (unpaired) electrons. The summed E-state index contributed by atoms with van der Waals surface area (Å²) in [7, 11) is 4.08. The highest BCUT2D eigenvalue weighted by molar-refractivity contribution is 6.11. The van der Waals surface area contributed by atoms with E-state index in [4.69, 9.17) is 0 Å². The van der Waals surface area contributed by atoms with Crippen molar-refractivity contribution in [3.05, 3.63) is 47.7 Å². The van der Waals surface area contributed by atoms with E-state index in [-0.39, 0.29) is 5.69 Å². The molecule has 24 heavy (non-hydrogen) atoms. The molecule has 0 fully saturated rings. The second-order valence-electron chi connectivity index (χ2n) is 6.09. The predicted molar refractivity (Wildman–Crippen MR) is 96.7 cm³/mol. The fourth-order valence-electron chi connectivity index (χ4n) is 2.91. The number of quaternary nitrogens is 1. The van der Waals surface area contributed by atoms with E-state index in [0.29, 0.717) is 10.9 Å². The first-order valence-corrected chi connectivity index (χ1v) is 8.01. The zero-order valence-corrected chi connectivity index (χ0v) is 13.9. The molecule has 1 aromatic heterocycles. The number of nitrogens with one attached hydrogen (secondary N) is 2. The van der Waals surface area contributed by atoms with Gasteiger partial charge in [-0.25, -0.2) is 10.2 Å². The van der Waals surface area contributed by atoms with Crippen LogP contribution >= 0.6 is 0 Å². The van der Waals surface area contributed by atoms with Crippen LogP contribution in [0.25, 0.3) is 21.8 Å². The number of anilines is 1. The van der Waals surface area contributed by atoms with E-state index in [1.807, 2.05) is 44.4 Å². The second kappa shape index (κ2) is 7.11. The summed E-state index contributed by atoms with van der Waals surface area (Å²) in [6.45, 7) is 1.75. The van der Waals surface area contributed by atoms with E-state index in [0.717, 1.165) is 36.1 Å². The highest BCUT2D eigenvalue weighted by Gasteiger charge is 2.16. The van der Waals surface area contributed by atoms with Gasteiger partial charge in [-0.2, -0.15) is 5.23 Å². The molecule has 6 nitrogen and oxygen atoms in total.